The van der Waals surface area contributed by atoms with Gasteiger partial charge in [0.2, 0.25) is 11.8 Å². The average molecular weight is 564 g/mol. The van der Waals surface area contributed by atoms with Gasteiger partial charge in [0.1, 0.15) is 17.2 Å². The Hall–Kier alpha value is -5.33. The molecule has 4 aromatic rings. The van der Waals surface area contributed by atoms with Gasteiger partial charge in [-0.05, 0) is 41.5 Å². The minimum atomic E-state index is -0.766. The standard InChI is InChI=1S/C28H29N5O8/c1-39-19-6-4-5-17(9-19)15-32-27-22(24(33(37)38)8-7-23(27)30-28(32)36)13-26(35)31(16-25(29)34)14-18-10-20(40-2)12-21(11-18)41-3/h4-12H,13-16H2,1-3H3,(H2,29,34)(H,30,36). The number of carbonyl (C=O) groups excluding carboxylic acids is 2. The molecular formula is C28H29N5O8. The molecule has 0 fully saturated rings. The van der Waals surface area contributed by atoms with Crippen LogP contribution >= 0.6 is 0 Å². The number of nitrogens with one attached hydrogen (secondary N) is 1. The summed E-state index contributed by atoms with van der Waals surface area (Å²) in [5.74, 6) is 0.147. The molecule has 4 rings (SSSR count). The van der Waals surface area contributed by atoms with Crippen LogP contribution in [0.5, 0.6) is 17.2 Å². The highest BCUT2D eigenvalue weighted by Crippen LogP contribution is 2.29. The van der Waals surface area contributed by atoms with E-state index in [4.69, 9.17) is 19.9 Å². The summed E-state index contributed by atoms with van der Waals surface area (Å²) in [6.45, 7) is -0.429. The number of rotatable bonds is 12. The van der Waals surface area contributed by atoms with Crippen LogP contribution in [0.4, 0.5) is 5.69 Å². The molecule has 0 atom stereocenters. The van der Waals surface area contributed by atoms with E-state index in [1.807, 2.05) is 0 Å². The first-order valence-electron chi connectivity index (χ1n) is 12.4. The van der Waals surface area contributed by atoms with Gasteiger partial charge in [-0.1, -0.05) is 12.1 Å². The molecule has 3 aromatic carbocycles. The van der Waals surface area contributed by atoms with Gasteiger partial charge in [-0.2, -0.15) is 0 Å². The molecule has 2 amide bonds. The Labute approximate surface area is 234 Å². The maximum atomic E-state index is 13.7. The van der Waals surface area contributed by atoms with Gasteiger partial charge in [0.05, 0.1) is 62.4 Å². The molecule has 0 unspecified atom stereocenters. The molecule has 3 N–H and O–H groups in total. The van der Waals surface area contributed by atoms with Crippen molar-refractivity contribution in [1.29, 1.82) is 0 Å². The zero-order valence-corrected chi connectivity index (χ0v) is 22.7. The third-order valence-corrected chi connectivity index (χ3v) is 6.50. The Morgan fingerprint density at radius 2 is 1.63 bits per heavy atom. The average Bonchev–Trinajstić information content (AvgIpc) is 3.27. The number of imidazole rings is 1. The quantitative estimate of drug-likeness (QED) is 0.195. The molecule has 0 spiro atoms. The molecule has 13 heteroatoms. The van der Waals surface area contributed by atoms with Gasteiger partial charge >= 0.3 is 5.69 Å². The first-order chi connectivity index (χ1) is 19.6. The van der Waals surface area contributed by atoms with Crippen LogP contribution in [-0.4, -0.2) is 59.1 Å². The third-order valence-electron chi connectivity index (χ3n) is 6.50. The van der Waals surface area contributed by atoms with Crippen molar-refractivity contribution in [3.63, 3.8) is 0 Å². The van der Waals surface area contributed by atoms with E-state index in [9.17, 15) is 24.5 Å². The van der Waals surface area contributed by atoms with Crippen LogP contribution in [0.3, 0.4) is 0 Å². The predicted octanol–water partition coefficient (Wildman–Crippen LogP) is 2.37. The van der Waals surface area contributed by atoms with Gasteiger partial charge in [0, 0.05) is 18.7 Å². The van der Waals surface area contributed by atoms with Crippen LogP contribution in [0.2, 0.25) is 0 Å². The summed E-state index contributed by atoms with van der Waals surface area (Å²) in [7, 11) is 4.47. The predicted molar refractivity (Wildman–Crippen MR) is 149 cm³/mol. The van der Waals surface area contributed by atoms with E-state index in [0.717, 1.165) is 0 Å². The maximum absolute atomic E-state index is 13.7. The van der Waals surface area contributed by atoms with E-state index in [2.05, 4.69) is 4.98 Å². The highest BCUT2D eigenvalue weighted by Gasteiger charge is 2.27. The highest BCUT2D eigenvalue weighted by atomic mass is 16.6. The van der Waals surface area contributed by atoms with Gasteiger partial charge < -0.3 is 29.8 Å². The van der Waals surface area contributed by atoms with Crippen LogP contribution in [0.1, 0.15) is 16.7 Å². The number of methoxy groups -OCH3 is 3. The minimum Gasteiger partial charge on any atom is -0.497 e. The van der Waals surface area contributed by atoms with Crippen LogP contribution in [0.15, 0.2) is 59.4 Å². The number of primary amides is 1. The Kier molecular flexibility index (Phi) is 8.56. The number of aromatic amines is 1. The topological polar surface area (TPSA) is 172 Å². The van der Waals surface area contributed by atoms with Crippen LogP contribution in [-0.2, 0) is 29.1 Å². The van der Waals surface area contributed by atoms with Crippen LogP contribution < -0.4 is 25.6 Å². The molecule has 1 heterocycles. The highest BCUT2D eigenvalue weighted by molar-refractivity contribution is 5.91. The summed E-state index contributed by atoms with van der Waals surface area (Å²) in [5.41, 5.74) is 6.45. The number of ether oxygens (including phenoxy) is 3. The zero-order chi connectivity index (χ0) is 29.7. The number of hydrogen-bond donors (Lipinski definition) is 2. The Balaban J connectivity index is 1.77. The van der Waals surface area contributed by atoms with Crippen LogP contribution in [0, 0.1) is 10.1 Å². The molecule has 0 bridgehead atoms. The summed E-state index contributed by atoms with van der Waals surface area (Å²) in [6, 6.07) is 14.7. The Bertz CT molecular complexity index is 1650. The number of H-pyrrole nitrogens is 1. The van der Waals surface area contributed by atoms with E-state index in [-0.39, 0.29) is 29.9 Å². The summed E-state index contributed by atoms with van der Waals surface area (Å²) in [4.78, 5) is 53.9. The molecular weight excluding hydrogens is 534 g/mol. The molecule has 0 radical (unpaired) electrons. The van der Waals surface area contributed by atoms with E-state index < -0.39 is 35.4 Å². The Morgan fingerprint density at radius 1 is 0.976 bits per heavy atom. The summed E-state index contributed by atoms with van der Waals surface area (Å²) in [6.07, 6.45) is -0.475. The van der Waals surface area contributed by atoms with Gasteiger partial charge in [-0.15, -0.1) is 0 Å². The molecule has 0 saturated heterocycles. The lowest BCUT2D eigenvalue weighted by Crippen LogP contribution is -2.39. The summed E-state index contributed by atoms with van der Waals surface area (Å²) >= 11 is 0. The van der Waals surface area contributed by atoms with Gasteiger partial charge in [-0.3, -0.25) is 24.3 Å². The zero-order valence-electron chi connectivity index (χ0n) is 22.7. The number of carbonyl (C=O) groups is 2. The van der Waals surface area contributed by atoms with Crippen molar-refractivity contribution in [1.82, 2.24) is 14.5 Å². The molecule has 41 heavy (non-hydrogen) atoms. The smallest absolute Gasteiger partial charge is 0.326 e. The number of nitrogens with two attached hydrogens (primary N) is 1. The number of nitrogens with zero attached hydrogens (tertiary/aromatic N) is 3. The number of fused-ring (bicyclic) bond motifs is 1. The number of hydrogen-bond acceptors (Lipinski definition) is 8. The minimum absolute atomic E-state index is 0.0245. The molecule has 0 aliphatic carbocycles. The van der Waals surface area contributed by atoms with E-state index >= 15 is 0 Å². The summed E-state index contributed by atoms with van der Waals surface area (Å²) in [5, 5.41) is 12.1. The first kappa shape index (κ1) is 28.7. The Morgan fingerprint density at radius 3 is 2.24 bits per heavy atom. The lowest BCUT2D eigenvalue weighted by atomic mass is 10.1. The SMILES string of the molecule is COc1cccc(Cn2c(=O)[nH]c3ccc([N+](=O)[O-])c(CC(=O)N(CC(N)=O)Cc4cc(OC)cc(OC)c4)c32)c1. The van der Waals surface area contributed by atoms with Crippen molar-refractivity contribution in [2.75, 3.05) is 27.9 Å². The van der Waals surface area contributed by atoms with Crippen molar-refractivity contribution in [2.24, 2.45) is 5.73 Å². The fraction of sp³-hybridized carbons (Fsp3) is 0.250. The summed E-state index contributed by atoms with van der Waals surface area (Å²) < 4.78 is 17.2. The van der Waals surface area contributed by atoms with Gasteiger partial charge in [0.15, 0.2) is 0 Å². The second-order valence-electron chi connectivity index (χ2n) is 9.20. The number of amides is 2. The number of nitro benzene ring substituents is 1. The maximum Gasteiger partial charge on any atom is 0.326 e. The number of aromatic nitrogens is 2. The van der Waals surface area contributed by atoms with Crippen molar-refractivity contribution in [2.45, 2.75) is 19.5 Å². The normalized spacial score (nSPS) is 10.8. The van der Waals surface area contributed by atoms with Gasteiger partial charge in [-0.25, -0.2) is 4.79 Å². The lowest BCUT2D eigenvalue weighted by molar-refractivity contribution is -0.385. The van der Waals surface area contributed by atoms with Crippen molar-refractivity contribution < 1.29 is 28.7 Å². The van der Waals surface area contributed by atoms with E-state index in [1.54, 1.807) is 42.5 Å². The molecule has 214 valence electrons. The molecule has 13 nitrogen and oxygen atoms in total. The molecule has 1 aromatic heterocycles. The fourth-order valence-corrected chi connectivity index (χ4v) is 4.63. The third kappa shape index (κ3) is 6.46. The number of benzene rings is 3. The van der Waals surface area contributed by atoms with Gasteiger partial charge in [0.25, 0.3) is 5.69 Å². The monoisotopic (exact) mass is 563 g/mol. The van der Waals surface area contributed by atoms with Crippen molar-refractivity contribution in [3.8, 4) is 17.2 Å². The van der Waals surface area contributed by atoms with E-state index in [1.165, 1.54) is 42.9 Å². The molecule has 0 saturated carbocycles. The second kappa shape index (κ2) is 12.2. The molecule has 0 aliphatic rings. The first-order valence-corrected chi connectivity index (χ1v) is 12.4. The number of nitro groups is 1. The van der Waals surface area contributed by atoms with Crippen molar-refractivity contribution in [3.05, 3.63) is 91.9 Å². The van der Waals surface area contributed by atoms with Crippen LogP contribution in [0.25, 0.3) is 11.0 Å². The lowest BCUT2D eigenvalue weighted by Gasteiger charge is -2.22. The van der Waals surface area contributed by atoms with E-state index in [0.29, 0.717) is 33.9 Å². The second-order valence-corrected chi connectivity index (χ2v) is 9.20. The largest absolute Gasteiger partial charge is 0.497 e. The van der Waals surface area contributed by atoms with Crippen molar-refractivity contribution >= 4 is 28.5 Å². The fourth-order valence-electron chi connectivity index (χ4n) is 4.63. The molecule has 0 aliphatic heterocycles.